The van der Waals surface area contributed by atoms with E-state index in [-0.39, 0.29) is 4.90 Å². The number of methoxy groups -OCH3 is 1. The van der Waals surface area contributed by atoms with Crippen molar-refractivity contribution in [2.75, 3.05) is 7.11 Å². The molecule has 0 saturated carbocycles. The molecule has 0 fully saturated rings. The lowest BCUT2D eigenvalue weighted by Gasteiger charge is -2.07. The number of para-hydroxylation sites is 1. The number of nitrogens with one attached hydrogen (secondary N) is 1. The molecule has 0 atom stereocenters. The van der Waals surface area contributed by atoms with Gasteiger partial charge in [0.2, 0.25) is 0 Å². The molecule has 1 aromatic heterocycles. The summed E-state index contributed by atoms with van der Waals surface area (Å²) in [4.78, 5) is 12.8. The number of hydrogen-bond acceptors (Lipinski definition) is 5. The molecule has 1 amide bonds. The molecule has 0 aliphatic heterocycles. The highest BCUT2D eigenvalue weighted by Crippen LogP contribution is 2.26. The summed E-state index contributed by atoms with van der Waals surface area (Å²) in [5, 5.41) is 4.74. The molecule has 0 spiro atoms. The van der Waals surface area contributed by atoms with Crippen LogP contribution in [0.1, 0.15) is 21.5 Å². The Balaban J connectivity index is 1.67. The van der Waals surface area contributed by atoms with Crippen molar-refractivity contribution in [1.82, 2.24) is 9.40 Å². The molecule has 0 saturated heterocycles. The molecule has 0 radical (unpaired) electrons. The topological polar surface area (TPSA) is 89.8 Å². The second-order valence-corrected chi connectivity index (χ2v) is 9.99. The Morgan fingerprint density at radius 1 is 1.09 bits per heavy atom. The van der Waals surface area contributed by atoms with Gasteiger partial charge in [-0.1, -0.05) is 51.8 Å². The Kier molecular flexibility index (Phi) is 6.35. The first kappa shape index (κ1) is 22.8. The number of hydrazone groups is 1. The van der Waals surface area contributed by atoms with E-state index in [4.69, 9.17) is 4.74 Å². The number of amides is 1. The van der Waals surface area contributed by atoms with E-state index in [1.165, 1.54) is 23.5 Å². The van der Waals surface area contributed by atoms with Crippen LogP contribution in [0.5, 0.6) is 5.75 Å². The van der Waals surface area contributed by atoms with Gasteiger partial charge in [-0.15, -0.1) is 0 Å². The van der Waals surface area contributed by atoms with Crippen LogP contribution in [0.15, 0.2) is 87.4 Å². The molecule has 0 bridgehead atoms. The molecule has 168 valence electrons. The monoisotopic (exact) mass is 525 g/mol. The Morgan fingerprint density at radius 3 is 2.55 bits per heavy atom. The number of rotatable bonds is 6. The third-order valence-corrected chi connectivity index (χ3v) is 7.24. The van der Waals surface area contributed by atoms with Crippen LogP contribution in [0.4, 0.5) is 0 Å². The number of nitrogens with zero attached hydrogens (tertiary/aromatic N) is 2. The number of carbonyl (C=O) groups excluding carboxylic acids is 1. The SMILES string of the molecule is COc1ccc(Br)cc1C(=O)N/N=C\c1cn(S(=O)(=O)c2ccc(C)cc2)c2ccccc12. The Bertz CT molecular complexity index is 1480. The zero-order valence-electron chi connectivity index (χ0n) is 17.8. The van der Waals surface area contributed by atoms with Crippen LogP contribution >= 0.6 is 15.9 Å². The van der Waals surface area contributed by atoms with Crippen LogP contribution in [-0.4, -0.2) is 31.6 Å². The summed E-state index contributed by atoms with van der Waals surface area (Å²) in [5.41, 5.74) is 4.81. The van der Waals surface area contributed by atoms with Gasteiger partial charge in [-0.05, 0) is 43.3 Å². The van der Waals surface area contributed by atoms with Gasteiger partial charge in [0.15, 0.2) is 0 Å². The van der Waals surface area contributed by atoms with Crippen molar-refractivity contribution in [3.05, 3.63) is 94.1 Å². The molecule has 4 aromatic rings. The average Bonchev–Trinajstić information content (AvgIpc) is 3.19. The summed E-state index contributed by atoms with van der Waals surface area (Å²) in [6.07, 6.45) is 2.92. The number of carbonyl (C=O) groups is 1. The first-order valence-corrected chi connectivity index (χ1v) is 12.1. The third kappa shape index (κ3) is 4.55. The molecule has 1 N–H and O–H groups in total. The summed E-state index contributed by atoms with van der Waals surface area (Å²) in [7, 11) is -2.33. The first-order chi connectivity index (χ1) is 15.8. The molecule has 3 aromatic carbocycles. The minimum atomic E-state index is -3.81. The van der Waals surface area contributed by atoms with Crippen LogP contribution < -0.4 is 10.2 Å². The van der Waals surface area contributed by atoms with Gasteiger partial charge in [-0.2, -0.15) is 5.10 Å². The van der Waals surface area contributed by atoms with Gasteiger partial charge in [-0.25, -0.2) is 17.8 Å². The van der Waals surface area contributed by atoms with Crippen LogP contribution in [0.2, 0.25) is 0 Å². The van der Waals surface area contributed by atoms with E-state index in [9.17, 15) is 13.2 Å². The minimum Gasteiger partial charge on any atom is -0.496 e. The number of halogens is 1. The fourth-order valence-electron chi connectivity index (χ4n) is 3.38. The van der Waals surface area contributed by atoms with Gasteiger partial charge < -0.3 is 4.74 Å². The average molecular weight is 526 g/mol. The van der Waals surface area contributed by atoms with Gasteiger partial charge in [0.05, 0.1) is 29.3 Å². The van der Waals surface area contributed by atoms with Crippen molar-refractivity contribution < 1.29 is 17.9 Å². The Labute approximate surface area is 199 Å². The predicted molar refractivity (Wildman–Crippen MR) is 131 cm³/mol. The molecular formula is C24H20BrN3O4S. The van der Waals surface area contributed by atoms with E-state index in [2.05, 4.69) is 26.5 Å². The summed E-state index contributed by atoms with van der Waals surface area (Å²) >= 11 is 3.34. The number of hydrogen-bond donors (Lipinski definition) is 1. The number of benzene rings is 3. The lowest BCUT2D eigenvalue weighted by Crippen LogP contribution is -2.18. The molecular weight excluding hydrogens is 506 g/mol. The molecule has 33 heavy (non-hydrogen) atoms. The predicted octanol–water partition coefficient (Wildman–Crippen LogP) is 4.72. The van der Waals surface area contributed by atoms with Crippen molar-refractivity contribution in [1.29, 1.82) is 0 Å². The zero-order chi connectivity index (χ0) is 23.6. The van der Waals surface area contributed by atoms with Crippen LogP contribution in [-0.2, 0) is 10.0 Å². The molecule has 7 nitrogen and oxygen atoms in total. The minimum absolute atomic E-state index is 0.187. The normalized spacial score (nSPS) is 11.7. The summed E-state index contributed by atoms with van der Waals surface area (Å²) in [6.45, 7) is 1.90. The zero-order valence-corrected chi connectivity index (χ0v) is 20.2. The maximum atomic E-state index is 13.3. The number of aryl methyl sites for hydroxylation is 1. The van der Waals surface area contributed by atoms with Crippen LogP contribution in [0.3, 0.4) is 0 Å². The van der Waals surface area contributed by atoms with E-state index < -0.39 is 15.9 Å². The Hall–Kier alpha value is -3.43. The largest absolute Gasteiger partial charge is 0.496 e. The molecule has 0 aliphatic rings. The second-order valence-electron chi connectivity index (χ2n) is 7.26. The van der Waals surface area contributed by atoms with Gasteiger partial charge in [0, 0.05) is 21.6 Å². The van der Waals surface area contributed by atoms with Gasteiger partial charge in [-0.3, -0.25) is 4.79 Å². The van der Waals surface area contributed by atoms with E-state index >= 15 is 0 Å². The maximum absolute atomic E-state index is 13.3. The van der Waals surface area contributed by atoms with E-state index in [1.54, 1.807) is 60.7 Å². The molecule has 9 heteroatoms. The second kappa shape index (κ2) is 9.21. The summed E-state index contributed by atoms with van der Waals surface area (Å²) < 4.78 is 33.7. The summed E-state index contributed by atoms with van der Waals surface area (Å²) in [6, 6.07) is 18.9. The molecule has 1 heterocycles. The van der Waals surface area contributed by atoms with Crippen molar-refractivity contribution in [3.8, 4) is 5.75 Å². The Morgan fingerprint density at radius 2 is 1.82 bits per heavy atom. The highest BCUT2D eigenvalue weighted by Gasteiger charge is 2.20. The number of fused-ring (bicyclic) bond motifs is 1. The van der Waals surface area contributed by atoms with Gasteiger partial charge >= 0.3 is 0 Å². The standard InChI is InChI=1S/C24H20BrN3O4S/c1-16-7-10-19(11-8-16)33(30,31)28-15-17(20-5-3-4-6-22(20)28)14-26-27-24(29)21-13-18(25)9-12-23(21)32-2/h3-15H,1-2H3,(H,27,29)/b26-14-. The van der Waals surface area contributed by atoms with Crippen LogP contribution in [0.25, 0.3) is 10.9 Å². The van der Waals surface area contributed by atoms with Gasteiger partial charge in [0.25, 0.3) is 15.9 Å². The maximum Gasteiger partial charge on any atom is 0.275 e. The quantitative estimate of drug-likeness (QED) is 0.291. The molecule has 0 unspecified atom stereocenters. The highest BCUT2D eigenvalue weighted by atomic mass is 79.9. The lowest BCUT2D eigenvalue weighted by molar-refractivity contribution is 0.0952. The molecule has 0 aliphatic carbocycles. The van der Waals surface area contributed by atoms with Crippen molar-refractivity contribution in [3.63, 3.8) is 0 Å². The first-order valence-electron chi connectivity index (χ1n) is 9.90. The van der Waals surface area contributed by atoms with E-state index in [0.29, 0.717) is 27.8 Å². The fraction of sp³-hybridized carbons (Fsp3) is 0.0833. The van der Waals surface area contributed by atoms with E-state index in [0.717, 1.165) is 10.0 Å². The van der Waals surface area contributed by atoms with Crippen molar-refractivity contribution in [2.45, 2.75) is 11.8 Å². The number of aromatic nitrogens is 1. The van der Waals surface area contributed by atoms with E-state index in [1.807, 2.05) is 13.0 Å². The number of ether oxygens (including phenoxy) is 1. The molecule has 4 rings (SSSR count). The summed E-state index contributed by atoms with van der Waals surface area (Å²) in [5.74, 6) is -0.0490. The van der Waals surface area contributed by atoms with Crippen molar-refractivity contribution >= 4 is 49.0 Å². The highest BCUT2D eigenvalue weighted by molar-refractivity contribution is 9.10. The smallest absolute Gasteiger partial charge is 0.275 e. The van der Waals surface area contributed by atoms with Crippen LogP contribution in [0, 0.1) is 6.92 Å². The van der Waals surface area contributed by atoms with Gasteiger partial charge in [0.1, 0.15) is 5.75 Å². The lowest BCUT2D eigenvalue weighted by atomic mass is 10.2. The third-order valence-electron chi connectivity index (χ3n) is 5.06. The van der Waals surface area contributed by atoms with Crippen molar-refractivity contribution in [2.24, 2.45) is 5.10 Å². The fourth-order valence-corrected chi connectivity index (χ4v) is 5.12.